The third-order valence-corrected chi connectivity index (χ3v) is 3.35. The number of hydrogen-bond acceptors (Lipinski definition) is 2. The summed E-state index contributed by atoms with van der Waals surface area (Å²) in [7, 11) is 0. The van der Waals surface area contributed by atoms with Crippen LogP contribution in [-0.2, 0) is 0 Å². The second-order valence-corrected chi connectivity index (χ2v) is 5.24. The summed E-state index contributed by atoms with van der Waals surface area (Å²) < 4.78 is 0.750. The van der Waals surface area contributed by atoms with Crippen molar-refractivity contribution >= 4 is 33.4 Å². The van der Waals surface area contributed by atoms with Crippen molar-refractivity contribution in [3.63, 3.8) is 0 Å². The average Bonchev–Trinajstić information content (AvgIpc) is 3.12. The van der Waals surface area contributed by atoms with E-state index in [1.165, 1.54) is 0 Å². The predicted octanol–water partition coefficient (Wildman–Crippen LogP) is 3.29. The molecule has 1 heterocycles. The van der Waals surface area contributed by atoms with E-state index >= 15 is 0 Å². The van der Waals surface area contributed by atoms with Gasteiger partial charge >= 0.3 is 0 Å². The van der Waals surface area contributed by atoms with Crippen molar-refractivity contribution in [1.82, 2.24) is 9.88 Å². The minimum atomic E-state index is -0.0776. The molecular weight excluding hydrogens is 304 g/mol. The molecule has 5 heteroatoms. The first-order valence-corrected chi connectivity index (χ1v) is 6.53. The number of aromatic nitrogens is 1. The summed E-state index contributed by atoms with van der Waals surface area (Å²) in [6.07, 6.45) is 5.42. The Bertz CT molecular complexity index is 460. The van der Waals surface area contributed by atoms with Gasteiger partial charge in [0, 0.05) is 23.3 Å². The zero-order valence-electron chi connectivity index (χ0n) is 9.20. The molecule has 90 valence electrons. The molecule has 0 unspecified atom stereocenters. The summed E-state index contributed by atoms with van der Waals surface area (Å²) in [5.41, 5.74) is 0.440. The normalized spacial score (nSPS) is 14.5. The van der Waals surface area contributed by atoms with E-state index < -0.39 is 0 Å². The smallest absolute Gasteiger partial charge is 0.257 e. The monoisotopic (exact) mass is 314 g/mol. The lowest BCUT2D eigenvalue weighted by Crippen LogP contribution is -2.33. The Kier molecular flexibility index (Phi) is 3.84. The molecule has 2 rings (SSSR count). The van der Waals surface area contributed by atoms with E-state index in [9.17, 15) is 4.79 Å². The summed E-state index contributed by atoms with van der Waals surface area (Å²) in [4.78, 5) is 18.1. The fraction of sp³-hybridized carbons (Fsp3) is 0.333. The molecule has 0 spiro atoms. The van der Waals surface area contributed by atoms with Gasteiger partial charge in [-0.3, -0.25) is 4.79 Å². The van der Waals surface area contributed by atoms with E-state index in [1.807, 2.05) is 0 Å². The van der Waals surface area contributed by atoms with E-state index in [1.54, 1.807) is 23.2 Å². The molecule has 3 nitrogen and oxygen atoms in total. The zero-order valence-corrected chi connectivity index (χ0v) is 11.5. The Morgan fingerprint density at radius 1 is 1.71 bits per heavy atom. The second-order valence-electron chi connectivity index (χ2n) is 3.97. The van der Waals surface area contributed by atoms with E-state index in [0.29, 0.717) is 18.2 Å². The summed E-state index contributed by atoms with van der Waals surface area (Å²) in [6.45, 7) is 4.22. The molecule has 1 saturated carbocycles. The topological polar surface area (TPSA) is 33.2 Å². The third kappa shape index (κ3) is 2.87. The summed E-state index contributed by atoms with van der Waals surface area (Å²) in [6, 6.07) is 2.03. The Balaban J connectivity index is 2.27. The maximum atomic E-state index is 12.3. The standard InChI is InChI=1S/C12H12BrClN2O/c1-2-5-16(9-3-4-9)12(17)10-6-8(13)7-15-11(10)14/h2,6-7,9H,1,3-5H2. The van der Waals surface area contributed by atoms with Gasteiger partial charge in [0.15, 0.2) is 0 Å². The lowest BCUT2D eigenvalue weighted by molar-refractivity contribution is 0.0762. The van der Waals surface area contributed by atoms with Gasteiger partial charge in [-0.2, -0.15) is 0 Å². The molecule has 0 bridgehead atoms. The van der Waals surface area contributed by atoms with Crippen LogP contribution < -0.4 is 0 Å². The SMILES string of the molecule is C=CCN(C(=O)c1cc(Br)cnc1Cl)C1CC1. The van der Waals surface area contributed by atoms with Crippen LogP contribution in [0.3, 0.4) is 0 Å². The molecule has 0 aromatic carbocycles. The van der Waals surface area contributed by atoms with Crippen LogP contribution in [0.4, 0.5) is 0 Å². The molecule has 1 aromatic rings. The summed E-state index contributed by atoms with van der Waals surface area (Å²) in [5.74, 6) is -0.0776. The first-order valence-electron chi connectivity index (χ1n) is 5.36. The van der Waals surface area contributed by atoms with Crippen LogP contribution in [0, 0.1) is 0 Å². The fourth-order valence-corrected chi connectivity index (χ4v) is 2.17. The highest BCUT2D eigenvalue weighted by Gasteiger charge is 2.33. The Morgan fingerprint density at radius 2 is 2.41 bits per heavy atom. The van der Waals surface area contributed by atoms with Crippen molar-refractivity contribution in [1.29, 1.82) is 0 Å². The molecule has 0 radical (unpaired) electrons. The van der Waals surface area contributed by atoms with Gasteiger partial charge in [-0.05, 0) is 34.8 Å². The van der Waals surface area contributed by atoms with Gasteiger partial charge in [0.25, 0.3) is 5.91 Å². The minimum absolute atomic E-state index is 0.0776. The average molecular weight is 316 g/mol. The number of nitrogens with zero attached hydrogens (tertiary/aromatic N) is 2. The predicted molar refractivity (Wildman–Crippen MR) is 71.2 cm³/mol. The zero-order chi connectivity index (χ0) is 12.4. The van der Waals surface area contributed by atoms with Crippen molar-refractivity contribution in [2.75, 3.05) is 6.54 Å². The highest BCUT2D eigenvalue weighted by atomic mass is 79.9. The number of carbonyl (C=O) groups is 1. The Labute approximate surface area is 114 Å². The van der Waals surface area contributed by atoms with Gasteiger partial charge in [0.05, 0.1) is 5.56 Å². The molecule has 0 saturated heterocycles. The second kappa shape index (κ2) is 5.19. The van der Waals surface area contributed by atoms with Crippen LogP contribution in [0.5, 0.6) is 0 Å². The molecule has 1 aromatic heterocycles. The van der Waals surface area contributed by atoms with Crippen molar-refractivity contribution < 1.29 is 4.79 Å². The molecular formula is C12H12BrClN2O. The van der Waals surface area contributed by atoms with Crippen LogP contribution in [0.15, 0.2) is 29.4 Å². The number of pyridine rings is 1. The van der Waals surface area contributed by atoms with Gasteiger partial charge < -0.3 is 4.90 Å². The summed E-state index contributed by atoms with van der Waals surface area (Å²) >= 11 is 9.25. The molecule has 1 fully saturated rings. The Hall–Kier alpha value is -0.870. The number of rotatable bonds is 4. The van der Waals surface area contributed by atoms with E-state index in [-0.39, 0.29) is 11.1 Å². The minimum Gasteiger partial charge on any atom is -0.332 e. The van der Waals surface area contributed by atoms with Gasteiger partial charge in [-0.15, -0.1) is 6.58 Å². The van der Waals surface area contributed by atoms with Gasteiger partial charge in [-0.1, -0.05) is 17.7 Å². The van der Waals surface area contributed by atoms with Crippen molar-refractivity contribution in [3.05, 3.63) is 40.1 Å². The fourth-order valence-electron chi connectivity index (χ4n) is 1.65. The van der Waals surface area contributed by atoms with Gasteiger partial charge in [0.1, 0.15) is 5.15 Å². The van der Waals surface area contributed by atoms with E-state index in [0.717, 1.165) is 17.3 Å². The molecule has 1 aliphatic rings. The molecule has 1 aliphatic carbocycles. The number of hydrogen-bond donors (Lipinski definition) is 0. The maximum Gasteiger partial charge on any atom is 0.257 e. The van der Waals surface area contributed by atoms with Crippen molar-refractivity contribution in [2.24, 2.45) is 0 Å². The molecule has 17 heavy (non-hydrogen) atoms. The highest BCUT2D eigenvalue weighted by molar-refractivity contribution is 9.10. The quantitative estimate of drug-likeness (QED) is 0.631. The maximum absolute atomic E-state index is 12.3. The molecule has 0 aliphatic heterocycles. The Morgan fingerprint density at radius 3 is 3.00 bits per heavy atom. The number of carbonyl (C=O) groups excluding carboxylic acids is 1. The van der Waals surface area contributed by atoms with Crippen molar-refractivity contribution in [2.45, 2.75) is 18.9 Å². The molecule has 1 amide bonds. The molecule has 0 N–H and O–H groups in total. The lowest BCUT2D eigenvalue weighted by atomic mass is 10.2. The largest absolute Gasteiger partial charge is 0.332 e. The van der Waals surface area contributed by atoms with Crippen LogP contribution >= 0.6 is 27.5 Å². The van der Waals surface area contributed by atoms with E-state index in [2.05, 4.69) is 27.5 Å². The van der Waals surface area contributed by atoms with Crippen LogP contribution in [0.2, 0.25) is 5.15 Å². The van der Waals surface area contributed by atoms with Crippen molar-refractivity contribution in [3.8, 4) is 0 Å². The first-order chi connectivity index (χ1) is 8.13. The number of halogens is 2. The van der Waals surface area contributed by atoms with Crippen LogP contribution in [0.1, 0.15) is 23.2 Å². The summed E-state index contributed by atoms with van der Waals surface area (Å²) in [5, 5.41) is 0.243. The van der Waals surface area contributed by atoms with Crippen LogP contribution in [0.25, 0.3) is 0 Å². The number of amides is 1. The molecule has 0 atom stereocenters. The van der Waals surface area contributed by atoms with Gasteiger partial charge in [-0.25, -0.2) is 4.98 Å². The highest BCUT2D eigenvalue weighted by Crippen LogP contribution is 2.29. The van der Waals surface area contributed by atoms with Gasteiger partial charge in [0.2, 0.25) is 0 Å². The lowest BCUT2D eigenvalue weighted by Gasteiger charge is -2.21. The van der Waals surface area contributed by atoms with E-state index in [4.69, 9.17) is 11.6 Å². The first kappa shape index (κ1) is 12.6. The van der Waals surface area contributed by atoms with Crippen LogP contribution in [-0.4, -0.2) is 28.4 Å². The third-order valence-electron chi connectivity index (χ3n) is 2.61.